The minimum atomic E-state index is -0.422. The van der Waals surface area contributed by atoms with E-state index in [1.165, 1.54) is 12.1 Å². The molecule has 0 atom stereocenters. The van der Waals surface area contributed by atoms with Gasteiger partial charge in [0.15, 0.2) is 0 Å². The van der Waals surface area contributed by atoms with Crippen LogP contribution < -0.4 is 20.4 Å². The highest BCUT2D eigenvalue weighted by Crippen LogP contribution is 2.32. The average Bonchev–Trinajstić information content (AvgIpc) is 2.90. The number of benzene rings is 3. The zero-order chi connectivity index (χ0) is 26.7. The maximum absolute atomic E-state index is 11.1. The fourth-order valence-corrected chi connectivity index (χ4v) is 4.46. The Hall–Kier alpha value is -4.08. The quantitative estimate of drug-likeness (QED) is 0.184. The van der Waals surface area contributed by atoms with Gasteiger partial charge in [-0.25, -0.2) is 10.0 Å². The zero-order valence-electron chi connectivity index (χ0n) is 21.2. The van der Waals surface area contributed by atoms with Crippen molar-refractivity contribution in [2.75, 3.05) is 36.4 Å². The number of piperazine rings is 1. The number of hydrogen-bond donors (Lipinski definition) is 2. The van der Waals surface area contributed by atoms with Gasteiger partial charge in [-0.3, -0.25) is 15.5 Å². The first kappa shape index (κ1) is 25.6. The van der Waals surface area contributed by atoms with Gasteiger partial charge in [0.2, 0.25) is 5.96 Å². The van der Waals surface area contributed by atoms with Crippen LogP contribution in [0.2, 0.25) is 5.02 Å². The van der Waals surface area contributed by atoms with E-state index in [1.807, 2.05) is 62.4 Å². The molecule has 1 saturated heterocycles. The van der Waals surface area contributed by atoms with E-state index in [2.05, 4.69) is 26.7 Å². The molecule has 3 aromatic carbocycles. The van der Waals surface area contributed by atoms with Crippen LogP contribution in [0.4, 0.5) is 22.7 Å². The summed E-state index contributed by atoms with van der Waals surface area (Å²) in [4.78, 5) is 17.7. The van der Waals surface area contributed by atoms with Gasteiger partial charge in [0.25, 0.3) is 5.69 Å². The molecule has 2 N–H and O–H groups in total. The first-order valence-electron chi connectivity index (χ1n) is 12.4. The van der Waals surface area contributed by atoms with Crippen molar-refractivity contribution in [3.63, 3.8) is 0 Å². The summed E-state index contributed by atoms with van der Waals surface area (Å²) in [5.74, 6) is 1.34. The molecule has 0 unspecified atom stereocenters. The minimum Gasteiger partial charge on any atom is -0.483 e. The molecule has 1 fully saturated rings. The molecule has 2 heterocycles. The number of fused-ring (bicyclic) bond motifs is 1. The van der Waals surface area contributed by atoms with Crippen molar-refractivity contribution in [3.8, 4) is 5.75 Å². The van der Waals surface area contributed by atoms with Crippen LogP contribution in [0, 0.1) is 10.1 Å². The number of nitro groups is 1. The van der Waals surface area contributed by atoms with Crippen molar-refractivity contribution in [3.05, 3.63) is 93.5 Å². The smallest absolute Gasteiger partial charge is 0.269 e. The second-order valence-electron chi connectivity index (χ2n) is 9.71. The first-order valence-corrected chi connectivity index (χ1v) is 12.8. The predicted molar refractivity (Wildman–Crippen MR) is 152 cm³/mol. The van der Waals surface area contributed by atoms with Crippen LogP contribution in [0.15, 0.2) is 77.8 Å². The first-order chi connectivity index (χ1) is 18.2. The molecule has 0 amide bonds. The van der Waals surface area contributed by atoms with Crippen LogP contribution in [0.25, 0.3) is 6.08 Å². The normalized spacial score (nSPS) is 16.9. The number of aliphatic imine (C=N–C) groups is 1. The highest BCUT2D eigenvalue weighted by Gasteiger charge is 2.22. The average molecular weight is 533 g/mol. The number of ether oxygens (including phenoxy) is 1. The largest absolute Gasteiger partial charge is 0.483 e. The van der Waals surface area contributed by atoms with E-state index in [1.54, 1.807) is 12.1 Å². The van der Waals surface area contributed by atoms with Crippen LogP contribution >= 0.6 is 11.6 Å². The molecule has 0 aliphatic carbocycles. The summed E-state index contributed by atoms with van der Waals surface area (Å²) in [7, 11) is 0. The van der Waals surface area contributed by atoms with Crippen LogP contribution in [0.1, 0.15) is 19.4 Å². The maximum Gasteiger partial charge on any atom is 0.269 e. The molecule has 38 heavy (non-hydrogen) atoms. The Morgan fingerprint density at radius 2 is 1.74 bits per heavy atom. The van der Waals surface area contributed by atoms with Crippen LogP contribution in [-0.2, 0) is 0 Å². The Morgan fingerprint density at radius 3 is 2.42 bits per heavy atom. The van der Waals surface area contributed by atoms with Gasteiger partial charge in [0.05, 0.1) is 10.6 Å². The van der Waals surface area contributed by atoms with E-state index in [4.69, 9.17) is 21.3 Å². The van der Waals surface area contributed by atoms with Crippen molar-refractivity contribution in [2.24, 2.45) is 4.99 Å². The van der Waals surface area contributed by atoms with Crippen molar-refractivity contribution >= 4 is 46.4 Å². The number of halogens is 1. The van der Waals surface area contributed by atoms with Gasteiger partial charge in [-0.05, 0) is 74.5 Å². The van der Waals surface area contributed by atoms with Gasteiger partial charge in [-0.1, -0.05) is 17.7 Å². The number of guanidine groups is 1. The van der Waals surface area contributed by atoms with Gasteiger partial charge in [0, 0.05) is 60.3 Å². The zero-order valence-corrected chi connectivity index (χ0v) is 22.0. The lowest BCUT2D eigenvalue weighted by Gasteiger charge is -2.36. The van der Waals surface area contributed by atoms with Gasteiger partial charge < -0.3 is 15.0 Å². The van der Waals surface area contributed by atoms with E-state index < -0.39 is 4.92 Å². The summed E-state index contributed by atoms with van der Waals surface area (Å²) in [6.45, 7) is 7.22. The number of nitrogens with zero attached hydrogens (tertiary/aromatic N) is 4. The van der Waals surface area contributed by atoms with Gasteiger partial charge >= 0.3 is 0 Å². The fourth-order valence-electron chi connectivity index (χ4n) is 4.33. The second-order valence-corrected chi connectivity index (χ2v) is 10.1. The third kappa shape index (κ3) is 6.24. The van der Waals surface area contributed by atoms with Crippen molar-refractivity contribution in [1.29, 1.82) is 0 Å². The lowest BCUT2D eigenvalue weighted by Crippen LogP contribution is -2.54. The lowest BCUT2D eigenvalue weighted by atomic mass is 10.0. The molecule has 0 radical (unpaired) electrons. The highest BCUT2D eigenvalue weighted by molar-refractivity contribution is 6.30. The van der Waals surface area contributed by atoms with Crippen LogP contribution in [-0.4, -0.2) is 47.7 Å². The molecular weight excluding hydrogens is 504 g/mol. The Morgan fingerprint density at radius 1 is 1.03 bits per heavy atom. The second kappa shape index (κ2) is 10.7. The third-order valence-electron chi connectivity index (χ3n) is 6.35. The van der Waals surface area contributed by atoms with E-state index in [0.717, 1.165) is 53.9 Å². The summed E-state index contributed by atoms with van der Waals surface area (Å²) < 4.78 is 6.04. The Bertz CT molecular complexity index is 1360. The molecule has 0 bridgehead atoms. The molecule has 5 rings (SSSR count). The third-order valence-corrected chi connectivity index (χ3v) is 6.60. The van der Waals surface area contributed by atoms with Crippen molar-refractivity contribution in [1.82, 2.24) is 10.4 Å². The number of hydrogen-bond acceptors (Lipinski definition) is 6. The number of hydrazine groups is 1. The molecule has 196 valence electrons. The van der Waals surface area contributed by atoms with E-state index in [-0.39, 0.29) is 11.3 Å². The number of nitro benzene ring substituents is 1. The summed E-state index contributed by atoms with van der Waals surface area (Å²) in [5.41, 5.74) is 6.62. The summed E-state index contributed by atoms with van der Waals surface area (Å²) in [6.07, 6.45) is 4.09. The number of rotatable bonds is 5. The van der Waals surface area contributed by atoms with Gasteiger partial charge in [-0.2, -0.15) is 0 Å². The molecule has 10 heteroatoms. The Labute approximate surface area is 226 Å². The molecule has 9 nitrogen and oxygen atoms in total. The number of non-ortho nitro benzene ring substituents is 1. The molecule has 0 saturated carbocycles. The fraction of sp³-hybridized carbons (Fsp3) is 0.250. The van der Waals surface area contributed by atoms with Crippen LogP contribution in [0.5, 0.6) is 5.75 Å². The standard InChI is InChI=1S/C28H29ClN6O3/c1-28(2)14-13-20-19-23(7-12-26(20)38-28)31-27(30-22-5-10-25(11-6-22)35(36)37)32-34-17-15-33(16-18-34)24-8-3-21(29)4-9-24/h3-14,19H,15-18H2,1-2H3,(H2,30,31,32). The monoisotopic (exact) mass is 532 g/mol. The van der Waals surface area contributed by atoms with Crippen molar-refractivity contribution < 1.29 is 9.66 Å². The van der Waals surface area contributed by atoms with E-state index in [9.17, 15) is 10.1 Å². The Kier molecular flexibility index (Phi) is 7.22. The highest BCUT2D eigenvalue weighted by atomic mass is 35.5. The minimum absolute atomic E-state index is 0.0224. The number of nitrogens with one attached hydrogen (secondary N) is 2. The molecule has 0 spiro atoms. The lowest BCUT2D eigenvalue weighted by molar-refractivity contribution is -0.384. The summed E-state index contributed by atoms with van der Waals surface area (Å²) in [6, 6.07) is 19.9. The van der Waals surface area contributed by atoms with Crippen molar-refractivity contribution in [2.45, 2.75) is 19.4 Å². The van der Waals surface area contributed by atoms with Crippen LogP contribution in [0.3, 0.4) is 0 Å². The molecule has 3 aromatic rings. The van der Waals surface area contributed by atoms with Gasteiger partial charge in [-0.15, -0.1) is 0 Å². The van der Waals surface area contributed by atoms with Gasteiger partial charge in [0.1, 0.15) is 11.4 Å². The number of anilines is 2. The SMILES string of the molecule is CC1(C)C=Cc2cc(NC(=Nc3ccc([N+](=O)[O-])cc3)NN3CCN(c4ccc(Cl)cc4)CC3)ccc2O1. The Balaban J connectivity index is 1.33. The maximum atomic E-state index is 11.1. The molecule has 2 aliphatic heterocycles. The predicted octanol–water partition coefficient (Wildman–Crippen LogP) is 5.86. The molecule has 2 aliphatic rings. The molecular formula is C28H29ClN6O3. The molecule has 0 aromatic heterocycles. The summed E-state index contributed by atoms with van der Waals surface area (Å²) in [5, 5.41) is 17.3. The topological polar surface area (TPSA) is 95.3 Å². The summed E-state index contributed by atoms with van der Waals surface area (Å²) >= 11 is 6.04. The van der Waals surface area contributed by atoms with E-state index >= 15 is 0 Å². The van der Waals surface area contributed by atoms with E-state index in [0.29, 0.717) is 11.6 Å².